The number of carbonyl (C=O) groups is 1. The van der Waals surface area contributed by atoms with Crippen LogP contribution in [0.15, 0.2) is 47.4 Å². The lowest BCUT2D eigenvalue weighted by molar-refractivity contribution is -0.113. The number of benzene rings is 2. The number of anilines is 1. The summed E-state index contributed by atoms with van der Waals surface area (Å²) in [6, 6.07) is 10.4. The van der Waals surface area contributed by atoms with Crippen molar-refractivity contribution >= 4 is 57.8 Å². The van der Waals surface area contributed by atoms with E-state index in [-0.39, 0.29) is 11.1 Å². The van der Waals surface area contributed by atoms with Gasteiger partial charge < -0.3 is 0 Å². The molecule has 0 saturated carbocycles. The summed E-state index contributed by atoms with van der Waals surface area (Å²) in [5, 5.41) is 8.97. The molecule has 1 heterocycles. The van der Waals surface area contributed by atoms with Crippen LogP contribution in [0.2, 0.25) is 10.0 Å². The summed E-state index contributed by atoms with van der Waals surface area (Å²) < 4.78 is 13.0. The molecule has 2 aromatic rings. The normalized spacial score (nSPS) is 16.5. The van der Waals surface area contributed by atoms with Crippen molar-refractivity contribution in [3.05, 3.63) is 68.8 Å². The lowest BCUT2D eigenvalue weighted by atomic mass is 10.2. The summed E-state index contributed by atoms with van der Waals surface area (Å²) in [5.74, 6) is -0.749. The molecular weight excluding hydrogens is 358 g/mol. The number of rotatable bonds is 2. The maximum Gasteiger partial charge on any atom is 0.271 e. The van der Waals surface area contributed by atoms with Gasteiger partial charge in [-0.25, -0.2) is 4.39 Å². The van der Waals surface area contributed by atoms with Crippen molar-refractivity contribution in [2.45, 2.75) is 0 Å². The predicted octanol–water partition coefficient (Wildman–Crippen LogP) is 5.19. The summed E-state index contributed by atoms with van der Waals surface area (Å²) in [6.07, 6.45) is 1.61. The Balaban J connectivity index is 1.94. The molecule has 3 rings (SSSR count). The van der Waals surface area contributed by atoms with E-state index in [1.165, 1.54) is 29.2 Å². The Morgan fingerprint density at radius 1 is 1.13 bits per heavy atom. The van der Waals surface area contributed by atoms with Gasteiger partial charge in [-0.3, -0.25) is 15.1 Å². The number of hydrogen-bond acceptors (Lipinski definition) is 3. The molecule has 0 aromatic heterocycles. The molecule has 1 amide bonds. The van der Waals surface area contributed by atoms with Crippen LogP contribution in [0.3, 0.4) is 0 Å². The molecule has 0 atom stereocenters. The molecule has 0 aliphatic carbocycles. The molecule has 1 saturated heterocycles. The van der Waals surface area contributed by atoms with E-state index in [4.69, 9.17) is 28.6 Å². The number of amides is 1. The van der Waals surface area contributed by atoms with Crippen LogP contribution in [0.25, 0.3) is 6.08 Å². The van der Waals surface area contributed by atoms with Gasteiger partial charge in [-0.1, -0.05) is 29.3 Å². The second kappa shape index (κ2) is 6.35. The number of nitrogens with zero attached hydrogens (tertiary/aromatic N) is 1. The highest BCUT2D eigenvalue weighted by Crippen LogP contribution is 2.36. The number of amidine groups is 1. The number of halogens is 3. The van der Waals surface area contributed by atoms with Crippen LogP contribution in [0.1, 0.15) is 5.56 Å². The predicted molar refractivity (Wildman–Crippen MR) is 93.6 cm³/mol. The fourth-order valence-electron chi connectivity index (χ4n) is 2.07. The SMILES string of the molecule is N=C1S/C(=C\c2ccc(Cl)cc2Cl)C(=O)N1c1ccc(F)cc1. The zero-order valence-electron chi connectivity index (χ0n) is 11.5. The van der Waals surface area contributed by atoms with Crippen LogP contribution in [0, 0.1) is 11.2 Å². The second-order valence-corrected chi connectivity index (χ2v) is 6.57. The van der Waals surface area contributed by atoms with Gasteiger partial charge in [-0.05, 0) is 59.8 Å². The zero-order chi connectivity index (χ0) is 16.6. The van der Waals surface area contributed by atoms with Crippen LogP contribution in [-0.2, 0) is 4.79 Å². The minimum Gasteiger partial charge on any atom is -0.278 e. The van der Waals surface area contributed by atoms with Crippen LogP contribution < -0.4 is 4.90 Å². The van der Waals surface area contributed by atoms with Gasteiger partial charge in [0.1, 0.15) is 5.82 Å². The van der Waals surface area contributed by atoms with Crippen molar-refractivity contribution in [2.75, 3.05) is 4.90 Å². The largest absolute Gasteiger partial charge is 0.278 e. The van der Waals surface area contributed by atoms with E-state index in [9.17, 15) is 9.18 Å². The monoisotopic (exact) mass is 366 g/mol. The third-order valence-corrected chi connectivity index (χ3v) is 4.61. The highest BCUT2D eigenvalue weighted by atomic mass is 35.5. The summed E-state index contributed by atoms with van der Waals surface area (Å²) >= 11 is 13.0. The smallest absolute Gasteiger partial charge is 0.271 e. The fraction of sp³-hybridized carbons (Fsp3) is 0. The quantitative estimate of drug-likeness (QED) is 0.743. The first-order valence-electron chi connectivity index (χ1n) is 6.49. The Kier molecular flexibility index (Phi) is 4.43. The molecule has 1 N–H and O–H groups in total. The molecule has 1 fully saturated rings. The molecular formula is C16H9Cl2FN2OS. The molecule has 0 radical (unpaired) electrons. The van der Waals surface area contributed by atoms with E-state index < -0.39 is 5.82 Å². The van der Waals surface area contributed by atoms with E-state index >= 15 is 0 Å². The zero-order valence-corrected chi connectivity index (χ0v) is 13.8. The van der Waals surface area contributed by atoms with Crippen LogP contribution in [0.5, 0.6) is 0 Å². The van der Waals surface area contributed by atoms with Gasteiger partial charge in [0.25, 0.3) is 5.91 Å². The van der Waals surface area contributed by atoms with E-state index in [0.29, 0.717) is 26.2 Å². The maximum atomic E-state index is 13.0. The third kappa shape index (κ3) is 3.27. The Bertz CT molecular complexity index is 836. The minimum atomic E-state index is -0.400. The van der Waals surface area contributed by atoms with Crippen molar-refractivity contribution in [1.82, 2.24) is 0 Å². The number of carbonyl (C=O) groups excluding carboxylic acids is 1. The maximum absolute atomic E-state index is 13.0. The Morgan fingerprint density at radius 2 is 1.83 bits per heavy atom. The average Bonchev–Trinajstić information content (AvgIpc) is 2.78. The first-order valence-corrected chi connectivity index (χ1v) is 8.06. The Labute approximate surface area is 146 Å². The molecule has 1 aliphatic rings. The highest BCUT2D eigenvalue weighted by Gasteiger charge is 2.33. The molecule has 116 valence electrons. The van der Waals surface area contributed by atoms with Crippen LogP contribution in [-0.4, -0.2) is 11.1 Å². The highest BCUT2D eigenvalue weighted by molar-refractivity contribution is 8.19. The lowest BCUT2D eigenvalue weighted by Crippen LogP contribution is -2.28. The van der Waals surface area contributed by atoms with Crippen molar-refractivity contribution in [2.24, 2.45) is 0 Å². The van der Waals surface area contributed by atoms with Crippen molar-refractivity contribution in [3.63, 3.8) is 0 Å². The number of nitrogens with one attached hydrogen (secondary N) is 1. The number of hydrogen-bond donors (Lipinski definition) is 1. The molecule has 7 heteroatoms. The van der Waals surface area contributed by atoms with Gasteiger partial charge in [0.15, 0.2) is 5.17 Å². The lowest BCUT2D eigenvalue weighted by Gasteiger charge is -2.13. The second-order valence-electron chi connectivity index (χ2n) is 4.70. The van der Waals surface area contributed by atoms with Gasteiger partial charge >= 0.3 is 0 Å². The number of thioether (sulfide) groups is 1. The standard InChI is InChI=1S/C16H9Cl2FN2OS/c17-10-2-1-9(13(18)8-10)7-14-15(22)21(16(20)23-14)12-5-3-11(19)4-6-12/h1-8,20H/b14-7-,20-16?. The molecule has 3 nitrogen and oxygen atoms in total. The molecule has 0 spiro atoms. The topological polar surface area (TPSA) is 44.2 Å². The van der Waals surface area contributed by atoms with Gasteiger partial charge in [-0.15, -0.1) is 0 Å². The molecule has 23 heavy (non-hydrogen) atoms. The van der Waals surface area contributed by atoms with Crippen molar-refractivity contribution < 1.29 is 9.18 Å². The summed E-state index contributed by atoms with van der Waals surface area (Å²) in [7, 11) is 0. The van der Waals surface area contributed by atoms with Crippen LogP contribution >= 0.6 is 35.0 Å². The van der Waals surface area contributed by atoms with E-state index in [1.54, 1.807) is 24.3 Å². The summed E-state index contributed by atoms with van der Waals surface area (Å²) in [5.41, 5.74) is 1.08. The summed E-state index contributed by atoms with van der Waals surface area (Å²) in [4.78, 5) is 14.1. The minimum absolute atomic E-state index is 0.0537. The average molecular weight is 367 g/mol. The van der Waals surface area contributed by atoms with E-state index in [0.717, 1.165) is 11.8 Å². The summed E-state index contributed by atoms with van der Waals surface area (Å²) in [6.45, 7) is 0. The van der Waals surface area contributed by atoms with Crippen molar-refractivity contribution in [1.29, 1.82) is 5.41 Å². The first-order chi connectivity index (χ1) is 11.0. The molecule has 0 unspecified atom stereocenters. The van der Waals surface area contributed by atoms with E-state index in [1.807, 2.05) is 0 Å². The van der Waals surface area contributed by atoms with Gasteiger partial charge in [0.2, 0.25) is 0 Å². The van der Waals surface area contributed by atoms with Gasteiger partial charge in [0.05, 0.1) is 10.6 Å². The molecule has 2 aromatic carbocycles. The third-order valence-electron chi connectivity index (χ3n) is 3.16. The Hall–Kier alpha value is -1.82. The fourth-order valence-corrected chi connectivity index (χ4v) is 3.39. The van der Waals surface area contributed by atoms with Gasteiger partial charge in [0, 0.05) is 10.0 Å². The van der Waals surface area contributed by atoms with Crippen molar-refractivity contribution in [3.8, 4) is 0 Å². The molecule has 1 aliphatic heterocycles. The van der Waals surface area contributed by atoms with Gasteiger partial charge in [-0.2, -0.15) is 0 Å². The molecule has 0 bridgehead atoms. The van der Waals surface area contributed by atoms with Crippen LogP contribution in [0.4, 0.5) is 10.1 Å². The Morgan fingerprint density at radius 3 is 2.48 bits per heavy atom. The van der Waals surface area contributed by atoms with E-state index in [2.05, 4.69) is 0 Å². The first kappa shape index (κ1) is 16.1.